The lowest BCUT2D eigenvalue weighted by molar-refractivity contribution is 0.448. The van der Waals surface area contributed by atoms with E-state index < -0.39 is 8.07 Å². The number of pyridine rings is 2. The lowest BCUT2D eigenvalue weighted by Crippen LogP contribution is -2.39. The summed E-state index contributed by atoms with van der Waals surface area (Å²) in [5.74, 6) is 0.915. The van der Waals surface area contributed by atoms with Gasteiger partial charge in [-0.2, -0.15) is 0 Å². The first-order valence-electron chi connectivity index (χ1n) is 18.1. The summed E-state index contributed by atoms with van der Waals surface area (Å²) in [6.07, 6.45) is 3.98. The number of nitrogens with zero attached hydrogens (tertiary/aromatic N) is 4. The van der Waals surface area contributed by atoms with Gasteiger partial charge >= 0.3 is 0 Å². The molecule has 0 aliphatic heterocycles. The largest absolute Gasteiger partial charge is 0.507 e. The standard InChI is InChI=1S/C46H48N4OSi/c1-45(2,3)33-26-31(38-28-36(30-17-12-10-13-18-30)40(29-48-38)52(7,8)9)25-32(27-33)41-42-39(23-24-47-41)50(34-19-14-11-15-20-34)44(49-42)35-21-16-22-37(43(35)51)46(4,5)6/h10-29,51H,1-9H3. The summed E-state index contributed by atoms with van der Waals surface area (Å²) in [6.45, 7) is 20.2. The fraction of sp³-hybridized carbons (Fsp3) is 0.239. The highest BCUT2D eigenvalue weighted by Crippen LogP contribution is 2.42. The Bertz CT molecular complexity index is 2410. The van der Waals surface area contributed by atoms with Gasteiger partial charge in [-0.15, -0.1) is 0 Å². The maximum atomic E-state index is 11.8. The van der Waals surface area contributed by atoms with Crippen LogP contribution in [-0.2, 0) is 10.8 Å². The molecule has 262 valence electrons. The van der Waals surface area contributed by atoms with E-state index in [0.717, 1.165) is 44.8 Å². The van der Waals surface area contributed by atoms with E-state index in [1.807, 2.05) is 48.7 Å². The van der Waals surface area contributed by atoms with Crippen molar-refractivity contribution in [3.63, 3.8) is 0 Å². The van der Waals surface area contributed by atoms with E-state index in [1.54, 1.807) is 0 Å². The first kappa shape index (κ1) is 35.1. The van der Waals surface area contributed by atoms with Gasteiger partial charge in [0.2, 0.25) is 0 Å². The summed E-state index contributed by atoms with van der Waals surface area (Å²) in [4.78, 5) is 15.5. The van der Waals surface area contributed by atoms with Crippen molar-refractivity contribution in [2.45, 2.75) is 72.0 Å². The Kier molecular flexibility index (Phi) is 8.78. The van der Waals surface area contributed by atoms with Gasteiger partial charge in [0.05, 0.1) is 30.5 Å². The SMILES string of the molecule is CC(C)(C)c1cc(-c2cc(-c3ccccc3)c([Si](C)(C)C)cn2)cc(-c2nccc3c2nc(-c2cccc(C(C)(C)C)c2O)n3-c2ccccc2)c1. The molecule has 4 aromatic carbocycles. The van der Waals surface area contributed by atoms with E-state index in [0.29, 0.717) is 11.4 Å². The molecule has 0 bridgehead atoms. The Morgan fingerprint density at radius 1 is 0.635 bits per heavy atom. The molecule has 6 heteroatoms. The quantitative estimate of drug-likeness (QED) is 0.175. The molecule has 0 amide bonds. The summed E-state index contributed by atoms with van der Waals surface area (Å²) in [6, 6.07) is 37.9. The monoisotopic (exact) mass is 700 g/mol. The van der Waals surface area contributed by atoms with Gasteiger partial charge in [-0.3, -0.25) is 14.5 Å². The van der Waals surface area contributed by atoms with Gasteiger partial charge in [0, 0.05) is 29.2 Å². The van der Waals surface area contributed by atoms with E-state index in [-0.39, 0.29) is 16.6 Å². The summed E-state index contributed by atoms with van der Waals surface area (Å²) in [5, 5.41) is 13.1. The molecule has 0 atom stereocenters. The predicted molar refractivity (Wildman–Crippen MR) is 220 cm³/mol. The van der Waals surface area contributed by atoms with Crippen LogP contribution in [0.4, 0.5) is 0 Å². The highest BCUT2D eigenvalue weighted by molar-refractivity contribution is 6.89. The maximum Gasteiger partial charge on any atom is 0.149 e. The fourth-order valence-corrected chi connectivity index (χ4v) is 8.45. The molecule has 0 spiro atoms. The van der Waals surface area contributed by atoms with Gasteiger partial charge in [-0.1, -0.05) is 122 Å². The number of aromatic nitrogens is 4. The molecule has 0 saturated heterocycles. The van der Waals surface area contributed by atoms with Crippen LogP contribution in [0.1, 0.15) is 52.7 Å². The minimum absolute atomic E-state index is 0.132. The van der Waals surface area contributed by atoms with Crippen molar-refractivity contribution in [1.29, 1.82) is 0 Å². The van der Waals surface area contributed by atoms with Crippen LogP contribution >= 0.6 is 0 Å². The fourth-order valence-electron chi connectivity index (χ4n) is 6.98. The van der Waals surface area contributed by atoms with Crippen molar-refractivity contribution in [3.05, 3.63) is 133 Å². The van der Waals surface area contributed by atoms with Crippen molar-refractivity contribution < 1.29 is 5.11 Å². The lowest BCUT2D eigenvalue weighted by atomic mass is 9.84. The number of para-hydroxylation sites is 2. The van der Waals surface area contributed by atoms with Crippen LogP contribution in [0.2, 0.25) is 19.6 Å². The lowest BCUT2D eigenvalue weighted by Gasteiger charge is -2.23. The minimum Gasteiger partial charge on any atom is -0.507 e. The van der Waals surface area contributed by atoms with Crippen molar-refractivity contribution >= 4 is 24.3 Å². The number of benzene rings is 4. The molecule has 5 nitrogen and oxygen atoms in total. The highest BCUT2D eigenvalue weighted by Gasteiger charge is 2.27. The van der Waals surface area contributed by atoms with Crippen LogP contribution < -0.4 is 5.19 Å². The van der Waals surface area contributed by atoms with E-state index in [4.69, 9.17) is 15.0 Å². The van der Waals surface area contributed by atoms with Crippen LogP contribution in [0, 0.1) is 0 Å². The van der Waals surface area contributed by atoms with E-state index in [2.05, 4.69) is 139 Å². The number of hydrogen-bond acceptors (Lipinski definition) is 4. The van der Waals surface area contributed by atoms with Crippen LogP contribution in [0.25, 0.3) is 61.8 Å². The summed E-state index contributed by atoms with van der Waals surface area (Å²) in [5.41, 5.74) is 11.2. The average molecular weight is 701 g/mol. The number of aromatic hydroxyl groups is 1. The van der Waals surface area contributed by atoms with Gasteiger partial charge < -0.3 is 5.11 Å². The minimum atomic E-state index is -1.70. The Morgan fingerprint density at radius 3 is 1.96 bits per heavy atom. The summed E-state index contributed by atoms with van der Waals surface area (Å²) >= 11 is 0. The second-order valence-electron chi connectivity index (χ2n) is 16.9. The molecule has 0 aliphatic rings. The molecular weight excluding hydrogens is 653 g/mol. The molecule has 7 aromatic rings. The number of phenols is 1. The van der Waals surface area contributed by atoms with Crippen molar-refractivity contribution in [3.8, 4) is 56.5 Å². The number of imidazole rings is 1. The predicted octanol–water partition coefficient (Wildman–Crippen LogP) is 11.3. The van der Waals surface area contributed by atoms with E-state index in [9.17, 15) is 5.11 Å². The Labute approximate surface area is 309 Å². The molecule has 7 rings (SSSR count). The molecule has 0 saturated carbocycles. The molecule has 0 unspecified atom stereocenters. The molecule has 0 aliphatic carbocycles. The smallest absolute Gasteiger partial charge is 0.149 e. The third-order valence-electron chi connectivity index (χ3n) is 9.84. The van der Waals surface area contributed by atoms with Crippen molar-refractivity contribution in [1.82, 2.24) is 19.5 Å². The Morgan fingerprint density at radius 2 is 1.31 bits per heavy atom. The summed E-state index contributed by atoms with van der Waals surface area (Å²) < 4.78 is 2.14. The molecule has 3 heterocycles. The number of fused-ring (bicyclic) bond motifs is 1. The maximum absolute atomic E-state index is 11.8. The first-order chi connectivity index (χ1) is 24.6. The molecule has 52 heavy (non-hydrogen) atoms. The van der Waals surface area contributed by atoms with Crippen LogP contribution in [0.5, 0.6) is 5.75 Å². The van der Waals surface area contributed by atoms with Gasteiger partial charge in [0.15, 0.2) is 0 Å². The third-order valence-corrected chi connectivity index (χ3v) is 11.9. The average Bonchev–Trinajstić information content (AvgIpc) is 3.50. The van der Waals surface area contributed by atoms with Crippen LogP contribution in [-0.4, -0.2) is 32.7 Å². The zero-order chi connectivity index (χ0) is 37.0. The van der Waals surface area contributed by atoms with Crippen molar-refractivity contribution in [2.24, 2.45) is 0 Å². The second-order valence-corrected chi connectivity index (χ2v) is 21.9. The Hall–Kier alpha value is -5.33. The van der Waals surface area contributed by atoms with Crippen LogP contribution in [0.3, 0.4) is 0 Å². The summed E-state index contributed by atoms with van der Waals surface area (Å²) in [7, 11) is -1.70. The zero-order valence-corrected chi connectivity index (χ0v) is 32.8. The molecule has 0 radical (unpaired) electrons. The first-order valence-corrected chi connectivity index (χ1v) is 21.6. The molecule has 3 aromatic heterocycles. The van der Waals surface area contributed by atoms with Crippen LogP contribution in [0.15, 0.2) is 122 Å². The molecule has 1 N–H and O–H groups in total. The van der Waals surface area contributed by atoms with E-state index >= 15 is 0 Å². The molecular formula is C46H48N4OSi. The normalized spacial score (nSPS) is 12.4. The van der Waals surface area contributed by atoms with E-state index in [1.165, 1.54) is 21.9 Å². The van der Waals surface area contributed by atoms with Gasteiger partial charge in [0.25, 0.3) is 0 Å². The number of rotatable bonds is 6. The van der Waals surface area contributed by atoms with Crippen molar-refractivity contribution in [2.75, 3.05) is 0 Å². The topological polar surface area (TPSA) is 63.8 Å². The van der Waals surface area contributed by atoms with Gasteiger partial charge in [0.1, 0.15) is 17.1 Å². The third kappa shape index (κ3) is 6.59. The van der Waals surface area contributed by atoms with Gasteiger partial charge in [-0.05, 0) is 86.8 Å². The number of hydrogen-bond donors (Lipinski definition) is 1. The highest BCUT2D eigenvalue weighted by atomic mass is 28.3. The second kappa shape index (κ2) is 13.0. The van der Waals surface area contributed by atoms with Gasteiger partial charge in [-0.25, -0.2) is 4.98 Å². The Balaban J connectivity index is 1.49. The molecule has 0 fully saturated rings. The number of phenolic OH excluding ortho intramolecular Hbond substituents is 1. The zero-order valence-electron chi connectivity index (χ0n) is 31.8.